The average molecular weight is 357 g/mol. The van der Waals surface area contributed by atoms with Gasteiger partial charge in [-0.1, -0.05) is 25.0 Å². The second kappa shape index (κ2) is 12.7. The Hall–Kier alpha value is -0.350. The van der Waals surface area contributed by atoms with Crippen molar-refractivity contribution >= 4 is 39.9 Å². The van der Waals surface area contributed by atoms with Gasteiger partial charge < -0.3 is 17.2 Å². The highest BCUT2D eigenvalue weighted by atomic mass is 79.9. The zero-order chi connectivity index (χ0) is 11.0. The van der Waals surface area contributed by atoms with Gasteiger partial charge >= 0.3 is 0 Å². The molecule has 0 heterocycles. The molecule has 2 atom stereocenters. The molecule has 0 saturated heterocycles. The van der Waals surface area contributed by atoms with Gasteiger partial charge in [0.05, 0.1) is 6.04 Å². The van der Waals surface area contributed by atoms with Crippen molar-refractivity contribution < 1.29 is 4.79 Å². The van der Waals surface area contributed by atoms with E-state index >= 15 is 0 Å². The molecule has 6 N–H and O–H groups in total. The highest BCUT2D eigenvalue weighted by molar-refractivity contribution is 8.93. The maximum absolute atomic E-state index is 10.5. The zero-order valence-electron chi connectivity index (χ0n) is 9.18. The number of hydrogen-bond acceptors (Lipinski definition) is 3. The van der Waals surface area contributed by atoms with Crippen LogP contribution in [0, 0.1) is 11.8 Å². The lowest BCUT2D eigenvalue weighted by Gasteiger charge is -2.00. The van der Waals surface area contributed by atoms with Crippen LogP contribution in [-0.2, 0) is 4.79 Å². The molecule has 94 valence electrons. The van der Waals surface area contributed by atoms with Crippen LogP contribution < -0.4 is 17.2 Å². The molecule has 4 nitrogen and oxygen atoms in total. The van der Waals surface area contributed by atoms with Crippen molar-refractivity contribution in [1.29, 1.82) is 0 Å². The summed E-state index contributed by atoms with van der Waals surface area (Å²) in [7, 11) is 0. The second-order valence-corrected chi connectivity index (χ2v) is 2.91. The molecule has 0 aromatic heterocycles. The fourth-order valence-electron chi connectivity index (χ4n) is 0.697. The highest BCUT2D eigenvalue weighted by Crippen LogP contribution is 1.86. The lowest BCUT2D eigenvalue weighted by Crippen LogP contribution is -2.34. The number of unbranched alkanes of at least 4 members (excludes halogenated alkanes) is 1. The Morgan fingerprint density at radius 2 is 1.88 bits per heavy atom. The second-order valence-electron chi connectivity index (χ2n) is 2.91. The maximum Gasteiger partial charge on any atom is 0.238 e. The molecule has 0 spiro atoms. The summed E-state index contributed by atoms with van der Waals surface area (Å²) in [5.41, 5.74) is 15.9. The van der Waals surface area contributed by atoms with Gasteiger partial charge in [0.2, 0.25) is 5.91 Å². The summed E-state index contributed by atoms with van der Waals surface area (Å²) in [6, 6.07) is -1.17. The summed E-state index contributed by atoms with van der Waals surface area (Å²) in [6.45, 7) is 2.04. The highest BCUT2D eigenvalue weighted by Gasteiger charge is 2.03. The minimum absolute atomic E-state index is 0. The summed E-state index contributed by atoms with van der Waals surface area (Å²) < 4.78 is 0. The number of carbonyl (C=O) groups excluding carboxylic acids is 1. The predicted octanol–water partition coefficient (Wildman–Crippen LogP) is 0.642. The quantitative estimate of drug-likeness (QED) is 0.509. The van der Waals surface area contributed by atoms with Crippen LogP contribution in [0.15, 0.2) is 12.2 Å². The molecular weight excluding hydrogens is 338 g/mol. The Morgan fingerprint density at radius 3 is 2.31 bits per heavy atom. The molecule has 0 aromatic rings. The summed E-state index contributed by atoms with van der Waals surface area (Å²) in [5, 5.41) is 0. The smallest absolute Gasteiger partial charge is 0.238 e. The first-order valence-electron chi connectivity index (χ1n) is 4.55. The van der Waals surface area contributed by atoms with Gasteiger partial charge in [0.15, 0.2) is 0 Å². The van der Waals surface area contributed by atoms with Gasteiger partial charge in [-0.25, -0.2) is 0 Å². The van der Waals surface area contributed by atoms with E-state index in [-0.39, 0.29) is 40.0 Å². The number of nitrogens with two attached hydrogens (primary N) is 3. The SMILES string of the molecule is Br.Br.CCCC#CC(N)C=CC(N)C(N)=O. The first-order chi connectivity index (χ1) is 6.57. The van der Waals surface area contributed by atoms with E-state index in [1.54, 1.807) is 6.08 Å². The molecule has 0 aliphatic rings. The molecule has 1 amide bonds. The normalized spacial score (nSPS) is 12.7. The standard InChI is InChI=1S/C10H17N3O.2BrH/c1-2-3-4-5-8(11)6-7-9(12)10(13)14;;/h6-9H,2-3,11-12H2,1H3,(H2,13,14);2*1H. The zero-order valence-corrected chi connectivity index (χ0v) is 12.6. The molecule has 0 bridgehead atoms. The lowest BCUT2D eigenvalue weighted by atomic mass is 10.2. The monoisotopic (exact) mass is 355 g/mol. The molecule has 0 radical (unpaired) electrons. The number of halogens is 2. The van der Waals surface area contributed by atoms with Crippen molar-refractivity contribution in [3.8, 4) is 11.8 Å². The van der Waals surface area contributed by atoms with Gasteiger partial charge in [-0.3, -0.25) is 4.79 Å². The van der Waals surface area contributed by atoms with Crippen molar-refractivity contribution in [3.05, 3.63) is 12.2 Å². The van der Waals surface area contributed by atoms with Crippen LogP contribution in [-0.4, -0.2) is 18.0 Å². The molecular formula is C10H19Br2N3O. The van der Waals surface area contributed by atoms with Crippen molar-refractivity contribution in [2.45, 2.75) is 31.8 Å². The number of hydrogen-bond donors (Lipinski definition) is 3. The van der Waals surface area contributed by atoms with Crippen LogP contribution in [0.1, 0.15) is 19.8 Å². The van der Waals surface area contributed by atoms with Crippen molar-refractivity contribution in [2.24, 2.45) is 17.2 Å². The average Bonchev–Trinajstić information content (AvgIpc) is 2.14. The molecule has 0 rings (SSSR count). The van der Waals surface area contributed by atoms with Crippen molar-refractivity contribution in [3.63, 3.8) is 0 Å². The third-order valence-corrected chi connectivity index (χ3v) is 1.50. The van der Waals surface area contributed by atoms with Crippen molar-refractivity contribution in [2.75, 3.05) is 0 Å². The molecule has 0 fully saturated rings. The summed E-state index contributed by atoms with van der Waals surface area (Å²) in [4.78, 5) is 10.5. The molecule has 0 aliphatic carbocycles. The molecule has 0 aliphatic heterocycles. The van der Waals surface area contributed by atoms with E-state index in [4.69, 9.17) is 17.2 Å². The predicted molar refractivity (Wildman–Crippen MR) is 77.6 cm³/mol. The van der Waals surface area contributed by atoms with Crippen LogP contribution in [0.2, 0.25) is 0 Å². The topological polar surface area (TPSA) is 95.1 Å². The Morgan fingerprint density at radius 1 is 1.31 bits per heavy atom. The maximum atomic E-state index is 10.5. The third kappa shape index (κ3) is 11.7. The van der Waals surface area contributed by atoms with E-state index in [1.807, 2.05) is 6.92 Å². The summed E-state index contributed by atoms with van der Waals surface area (Å²) in [6.07, 6.45) is 4.87. The van der Waals surface area contributed by atoms with Crippen LogP contribution in [0.3, 0.4) is 0 Å². The van der Waals surface area contributed by atoms with E-state index in [9.17, 15) is 4.79 Å². The van der Waals surface area contributed by atoms with Crippen LogP contribution in [0.5, 0.6) is 0 Å². The largest absolute Gasteiger partial charge is 0.368 e. The van der Waals surface area contributed by atoms with E-state index in [1.165, 1.54) is 6.08 Å². The van der Waals surface area contributed by atoms with Gasteiger partial charge in [0, 0.05) is 6.42 Å². The number of amides is 1. The number of primary amides is 1. The molecule has 0 aromatic carbocycles. The first kappa shape index (κ1) is 21.0. The molecule has 2 unspecified atom stereocenters. The fourth-order valence-corrected chi connectivity index (χ4v) is 0.697. The number of rotatable bonds is 4. The minimum atomic E-state index is -0.783. The van der Waals surface area contributed by atoms with Gasteiger partial charge in [-0.15, -0.1) is 39.9 Å². The van der Waals surface area contributed by atoms with E-state index in [2.05, 4.69) is 11.8 Å². The van der Waals surface area contributed by atoms with Crippen molar-refractivity contribution in [1.82, 2.24) is 0 Å². The third-order valence-electron chi connectivity index (χ3n) is 1.50. The first-order valence-corrected chi connectivity index (χ1v) is 4.55. The van der Waals surface area contributed by atoms with Gasteiger partial charge in [0.25, 0.3) is 0 Å². The molecule has 6 heteroatoms. The van der Waals surface area contributed by atoms with Gasteiger partial charge in [-0.05, 0) is 6.42 Å². The molecule has 16 heavy (non-hydrogen) atoms. The van der Waals surface area contributed by atoms with Crippen LogP contribution >= 0.6 is 34.0 Å². The van der Waals surface area contributed by atoms with Gasteiger partial charge in [0.1, 0.15) is 6.04 Å². The van der Waals surface area contributed by atoms with E-state index in [0.717, 1.165) is 12.8 Å². The Labute approximate surface area is 118 Å². The van der Waals surface area contributed by atoms with Gasteiger partial charge in [-0.2, -0.15) is 0 Å². The summed E-state index contributed by atoms with van der Waals surface area (Å²) in [5.74, 6) is 5.14. The fraction of sp³-hybridized carbons (Fsp3) is 0.500. The molecule has 0 saturated carbocycles. The lowest BCUT2D eigenvalue weighted by molar-refractivity contribution is -0.118. The minimum Gasteiger partial charge on any atom is -0.368 e. The van der Waals surface area contributed by atoms with Crippen LogP contribution in [0.4, 0.5) is 0 Å². The van der Waals surface area contributed by atoms with E-state index < -0.39 is 11.9 Å². The Balaban J connectivity index is -0.000000845. The number of carbonyl (C=O) groups is 1. The van der Waals surface area contributed by atoms with E-state index in [0.29, 0.717) is 0 Å². The van der Waals surface area contributed by atoms with Crippen LogP contribution in [0.25, 0.3) is 0 Å². The Kier molecular flexibility index (Phi) is 16.7. The Bertz CT molecular complexity index is 271. The summed E-state index contributed by atoms with van der Waals surface area (Å²) >= 11 is 0.